The molecule has 0 aliphatic rings. The molecule has 3 aromatic rings. The minimum absolute atomic E-state index is 0.137. The summed E-state index contributed by atoms with van der Waals surface area (Å²) in [6.07, 6.45) is 1.63. The van der Waals surface area contributed by atoms with E-state index in [0.717, 1.165) is 0 Å². The number of benzene rings is 2. The third kappa shape index (κ3) is 4.78. The SMILES string of the molecule is CCCS(=O)(=O)Nc1cc(CI)cc(NC(=O)c2cccc3c(N)ncnc23)c1F. The average Bonchev–Trinajstić information content (AvgIpc) is 2.70. The van der Waals surface area contributed by atoms with Crippen LogP contribution in [-0.2, 0) is 14.5 Å². The van der Waals surface area contributed by atoms with Crippen LogP contribution in [0.5, 0.6) is 0 Å². The van der Waals surface area contributed by atoms with Crippen LogP contribution in [0, 0.1) is 5.82 Å². The van der Waals surface area contributed by atoms with Crippen molar-refractivity contribution in [1.29, 1.82) is 0 Å². The summed E-state index contributed by atoms with van der Waals surface area (Å²) in [4.78, 5) is 20.9. The summed E-state index contributed by atoms with van der Waals surface area (Å²) in [5.74, 6) is -1.39. The zero-order chi connectivity index (χ0) is 21.9. The van der Waals surface area contributed by atoms with Crippen LogP contribution in [0.15, 0.2) is 36.7 Å². The zero-order valence-electron chi connectivity index (χ0n) is 15.9. The van der Waals surface area contributed by atoms with E-state index in [4.69, 9.17) is 5.73 Å². The van der Waals surface area contributed by atoms with Crippen LogP contribution in [0.25, 0.3) is 10.9 Å². The fraction of sp³-hybridized carbons (Fsp3) is 0.211. The Bertz CT molecular complexity index is 1220. The van der Waals surface area contributed by atoms with Crippen molar-refractivity contribution in [2.75, 3.05) is 21.5 Å². The maximum atomic E-state index is 15.0. The van der Waals surface area contributed by atoms with Gasteiger partial charge in [-0.3, -0.25) is 9.52 Å². The van der Waals surface area contributed by atoms with E-state index in [2.05, 4.69) is 42.6 Å². The Balaban J connectivity index is 2.00. The Morgan fingerprint density at radius 3 is 2.67 bits per heavy atom. The first-order chi connectivity index (χ1) is 14.3. The normalized spacial score (nSPS) is 11.4. The number of para-hydroxylation sites is 1. The van der Waals surface area contributed by atoms with Crippen molar-refractivity contribution in [1.82, 2.24) is 9.97 Å². The Hall–Kier alpha value is -2.54. The number of carbonyl (C=O) groups is 1. The molecule has 0 unspecified atom stereocenters. The quantitative estimate of drug-likeness (QED) is 0.308. The Morgan fingerprint density at radius 1 is 1.23 bits per heavy atom. The minimum atomic E-state index is -3.70. The first-order valence-corrected chi connectivity index (χ1v) is 12.1. The summed E-state index contributed by atoms with van der Waals surface area (Å²) < 4.78 is 42.0. The molecule has 0 aliphatic heterocycles. The number of sulfonamides is 1. The molecule has 0 fully saturated rings. The van der Waals surface area contributed by atoms with E-state index >= 15 is 4.39 Å². The molecule has 0 spiro atoms. The van der Waals surface area contributed by atoms with Gasteiger partial charge >= 0.3 is 0 Å². The Labute approximate surface area is 186 Å². The van der Waals surface area contributed by atoms with Gasteiger partial charge in [-0.25, -0.2) is 22.8 Å². The van der Waals surface area contributed by atoms with Crippen LogP contribution in [0.2, 0.25) is 0 Å². The van der Waals surface area contributed by atoms with Crippen LogP contribution in [-0.4, -0.2) is 30.0 Å². The highest BCUT2D eigenvalue weighted by molar-refractivity contribution is 14.1. The number of fused-ring (bicyclic) bond motifs is 1. The lowest BCUT2D eigenvalue weighted by atomic mass is 10.1. The molecule has 2 aromatic carbocycles. The molecule has 0 bridgehead atoms. The fourth-order valence-electron chi connectivity index (χ4n) is 2.89. The Kier molecular flexibility index (Phi) is 6.71. The average molecular weight is 543 g/mol. The van der Waals surface area contributed by atoms with E-state index in [1.165, 1.54) is 24.5 Å². The molecule has 0 saturated carbocycles. The highest BCUT2D eigenvalue weighted by Crippen LogP contribution is 2.29. The van der Waals surface area contributed by atoms with Gasteiger partial charge in [0.1, 0.15) is 12.1 Å². The number of hydrogen-bond donors (Lipinski definition) is 3. The molecule has 8 nitrogen and oxygen atoms in total. The molecule has 0 radical (unpaired) electrons. The molecular formula is C19H19FIN5O3S. The van der Waals surface area contributed by atoms with Gasteiger partial charge in [0.05, 0.1) is 28.2 Å². The number of anilines is 3. The monoisotopic (exact) mass is 543 g/mol. The molecule has 4 N–H and O–H groups in total. The van der Waals surface area contributed by atoms with E-state index in [1.54, 1.807) is 19.1 Å². The lowest BCUT2D eigenvalue weighted by Crippen LogP contribution is -2.19. The second-order valence-corrected chi connectivity index (χ2v) is 9.08. The Morgan fingerprint density at radius 2 is 1.97 bits per heavy atom. The molecule has 0 saturated heterocycles. The summed E-state index contributed by atoms with van der Waals surface area (Å²) in [7, 11) is -3.70. The van der Waals surface area contributed by atoms with Gasteiger partial charge in [0.25, 0.3) is 5.91 Å². The second kappa shape index (κ2) is 9.08. The van der Waals surface area contributed by atoms with Crippen molar-refractivity contribution in [3.63, 3.8) is 0 Å². The number of aromatic nitrogens is 2. The molecular weight excluding hydrogens is 524 g/mol. The highest BCUT2D eigenvalue weighted by Gasteiger charge is 2.19. The van der Waals surface area contributed by atoms with Crippen molar-refractivity contribution in [3.05, 3.63) is 53.6 Å². The van der Waals surface area contributed by atoms with E-state index < -0.39 is 21.7 Å². The maximum Gasteiger partial charge on any atom is 0.257 e. The molecule has 1 amide bonds. The number of amides is 1. The lowest BCUT2D eigenvalue weighted by molar-refractivity contribution is 0.102. The smallest absolute Gasteiger partial charge is 0.257 e. The van der Waals surface area contributed by atoms with Gasteiger partial charge in [-0.1, -0.05) is 35.6 Å². The topological polar surface area (TPSA) is 127 Å². The summed E-state index contributed by atoms with van der Waals surface area (Å²) in [6, 6.07) is 7.72. The van der Waals surface area contributed by atoms with Gasteiger partial charge in [0.2, 0.25) is 10.0 Å². The second-order valence-electron chi connectivity index (χ2n) is 6.47. The molecule has 0 atom stereocenters. The van der Waals surface area contributed by atoms with Gasteiger partial charge in [-0.05, 0) is 36.2 Å². The molecule has 3 rings (SSSR count). The van der Waals surface area contributed by atoms with Crippen LogP contribution in [0.4, 0.5) is 21.6 Å². The molecule has 1 heterocycles. The molecule has 0 aliphatic carbocycles. The summed E-state index contributed by atoms with van der Waals surface area (Å²) in [5, 5.41) is 3.02. The number of nitrogens with two attached hydrogens (primary N) is 1. The van der Waals surface area contributed by atoms with Crippen molar-refractivity contribution < 1.29 is 17.6 Å². The summed E-state index contributed by atoms with van der Waals surface area (Å²) in [6.45, 7) is 1.71. The van der Waals surface area contributed by atoms with E-state index in [9.17, 15) is 13.2 Å². The third-order valence-electron chi connectivity index (χ3n) is 4.21. The van der Waals surface area contributed by atoms with E-state index in [1.807, 2.05) is 0 Å². The molecule has 11 heteroatoms. The predicted octanol–water partition coefficient (Wildman–Crippen LogP) is 3.69. The molecule has 158 valence electrons. The number of hydrogen-bond acceptors (Lipinski definition) is 6. The van der Waals surface area contributed by atoms with Crippen LogP contribution in [0.3, 0.4) is 0 Å². The van der Waals surface area contributed by atoms with Crippen molar-refractivity contribution >= 4 is 66.6 Å². The van der Waals surface area contributed by atoms with E-state index in [0.29, 0.717) is 27.3 Å². The van der Waals surface area contributed by atoms with Crippen LogP contribution in [0.1, 0.15) is 29.3 Å². The van der Waals surface area contributed by atoms with Gasteiger partial charge in [-0.15, -0.1) is 0 Å². The van der Waals surface area contributed by atoms with Gasteiger partial charge in [0, 0.05) is 9.81 Å². The number of nitrogens with one attached hydrogen (secondary N) is 2. The lowest BCUT2D eigenvalue weighted by Gasteiger charge is -2.14. The standard InChI is InChI=1S/C19H19FIN5O3S/c1-2-6-30(28,29)26-15-8-11(9-21)7-14(16(15)20)25-19(27)13-5-3-4-12-17(13)23-10-24-18(12)22/h3-5,7-8,10,26H,2,6,9H2,1H3,(H,25,27)(H2,22,23,24). The number of halogens is 2. The molecule has 30 heavy (non-hydrogen) atoms. The number of rotatable bonds is 7. The van der Waals surface area contributed by atoms with Crippen LogP contribution >= 0.6 is 22.6 Å². The summed E-state index contributed by atoms with van der Waals surface area (Å²) in [5.41, 5.74) is 6.65. The van der Waals surface area contributed by atoms with Gasteiger partial charge in [-0.2, -0.15) is 0 Å². The maximum absolute atomic E-state index is 15.0. The number of nitrogens with zero attached hydrogens (tertiary/aromatic N) is 2. The van der Waals surface area contributed by atoms with Gasteiger partial charge in [0.15, 0.2) is 5.82 Å². The minimum Gasteiger partial charge on any atom is -0.383 e. The predicted molar refractivity (Wildman–Crippen MR) is 124 cm³/mol. The van der Waals surface area contributed by atoms with Crippen molar-refractivity contribution in [3.8, 4) is 0 Å². The van der Waals surface area contributed by atoms with Crippen molar-refractivity contribution in [2.24, 2.45) is 0 Å². The first-order valence-electron chi connectivity index (χ1n) is 8.95. The van der Waals surface area contributed by atoms with Crippen molar-refractivity contribution in [2.45, 2.75) is 17.8 Å². The number of carbonyl (C=O) groups excluding carboxylic acids is 1. The summed E-state index contributed by atoms with van der Waals surface area (Å²) >= 11 is 2.07. The third-order valence-corrected chi connectivity index (χ3v) is 6.57. The number of alkyl halides is 1. The zero-order valence-corrected chi connectivity index (χ0v) is 18.9. The van der Waals surface area contributed by atoms with Crippen LogP contribution < -0.4 is 15.8 Å². The first kappa shape index (κ1) is 22.2. The van der Waals surface area contributed by atoms with Gasteiger partial charge < -0.3 is 11.1 Å². The largest absolute Gasteiger partial charge is 0.383 e. The number of nitrogen functional groups attached to an aromatic ring is 1. The molecule has 1 aromatic heterocycles. The highest BCUT2D eigenvalue weighted by atomic mass is 127. The fourth-order valence-corrected chi connectivity index (χ4v) is 4.46. The van der Waals surface area contributed by atoms with E-state index in [-0.39, 0.29) is 28.5 Å².